The highest BCUT2D eigenvalue weighted by atomic mass is 32.2. The van der Waals surface area contributed by atoms with Gasteiger partial charge in [0.1, 0.15) is 11.4 Å². The molecule has 2 aromatic heterocycles. The molecule has 0 saturated carbocycles. The third-order valence-electron chi connectivity index (χ3n) is 7.81. The number of aromatic nitrogens is 4. The van der Waals surface area contributed by atoms with Crippen LogP contribution in [0.4, 0.5) is 0 Å². The smallest absolute Gasteiger partial charge is 0.264 e. The normalized spacial score (nSPS) is 17.0. The molecule has 1 N–H and O–H groups in total. The number of benzene rings is 1. The highest BCUT2D eigenvalue weighted by Gasteiger charge is 2.39. The van der Waals surface area contributed by atoms with Crippen LogP contribution in [0.2, 0.25) is 18.1 Å². The Labute approximate surface area is 238 Å². The second kappa shape index (κ2) is 12.7. The first kappa shape index (κ1) is 30.7. The SMILES string of the molecule is CC(C)(C)[Si](C)(C)Oc1ccc2c(c1)c(-c1cnn(CCCCOCCCS(=O)(=O)O)c1)nn2C1CCCCO1. The molecule has 0 bridgehead atoms. The van der Waals surface area contributed by atoms with Crippen molar-refractivity contribution in [1.29, 1.82) is 0 Å². The molecular weight excluding hydrogens is 548 g/mol. The van der Waals surface area contributed by atoms with Crippen molar-refractivity contribution in [3.05, 3.63) is 30.6 Å². The maximum Gasteiger partial charge on any atom is 0.264 e. The van der Waals surface area contributed by atoms with Crippen LogP contribution in [-0.4, -0.2) is 66.4 Å². The molecule has 0 amide bonds. The maximum absolute atomic E-state index is 10.8. The molecule has 1 saturated heterocycles. The summed E-state index contributed by atoms with van der Waals surface area (Å²) < 4.78 is 52.5. The molecule has 10 nitrogen and oxygen atoms in total. The molecule has 12 heteroatoms. The summed E-state index contributed by atoms with van der Waals surface area (Å²) in [4.78, 5) is 0. The summed E-state index contributed by atoms with van der Waals surface area (Å²) >= 11 is 0. The Hall–Kier alpha value is -2.25. The van der Waals surface area contributed by atoms with Crippen LogP contribution in [-0.2, 0) is 26.1 Å². The number of nitrogens with zero attached hydrogens (tertiary/aromatic N) is 4. The minimum Gasteiger partial charge on any atom is -0.543 e. The Morgan fingerprint density at radius 2 is 1.93 bits per heavy atom. The van der Waals surface area contributed by atoms with E-state index in [0.29, 0.717) is 13.2 Å². The van der Waals surface area contributed by atoms with Gasteiger partial charge in [-0.2, -0.15) is 18.6 Å². The van der Waals surface area contributed by atoms with Crippen molar-refractivity contribution < 1.29 is 26.9 Å². The van der Waals surface area contributed by atoms with E-state index in [1.54, 1.807) is 0 Å². The fourth-order valence-electron chi connectivity index (χ4n) is 4.51. The van der Waals surface area contributed by atoms with Crippen LogP contribution in [0, 0.1) is 0 Å². The van der Waals surface area contributed by atoms with E-state index in [-0.39, 0.29) is 23.4 Å². The predicted molar refractivity (Wildman–Crippen MR) is 159 cm³/mol. The minimum atomic E-state index is -3.92. The zero-order valence-corrected chi connectivity index (χ0v) is 26.2. The van der Waals surface area contributed by atoms with Crippen LogP contribution in [0.15, 0.2) is 30.6 Å². The second-order valence-electron chi connectivity index (χ2n) is 12.1. The maximum atomic E-state index is 10.8. The number of hydrogen-bond donors (Lipinski definition) is 1. The molecule has 222 valence electrons. The number of rotatable bonds is 13. The van der Waals surface area contributed by atoms with E-state index in [0.717, 1.165) is 73.2 Å². The van der Waals surface area contributed by atoms with Gasteiger partial charge in [0, 0.05) is 43.5 Å². The molecule has 40 heavy (non-hydrogen) atoms. The van der Waals surface area contributed by atoms with E-state index in [4.69, 9.17) is 23.6 Å². The lowest BCUT2D eigenvalue weighted by atomic mass is 10.1. The monoisotopic (exact) mass is 592 g/mol. The lowest BCUT2D eigenvalue weighted by Gasteiger charge is -2.36. The van der Waals surface area contributed by atoms with E-state index in [9.17, 15) is 8.42 Å². The van der Waals surface area contributed by atoms with Crippen molar-refractivity contribution in [2.75, 3.05) is 25.6 Å². The summed E-state index contributed by atoms with van der Waals surface area (Å²) in [6.45, 7) is 13.6. The molecule has 3 aromatic rings. The Kier molecular flexibility index (Phi) is 9.77. The molecule has 1 atom stereocenters. The summed E-state index contributed by atoms with van der Waals surface area (Å²) in [7, 11) is -5.93. The predicted octanol–water partition coefficient (Wildman–Crippen LogP) is 6.06. The Bertz CT molecular complexity index is 1370. The van der Waals surface area contributed by atoms with Gasteiger partial charge in [-0.25, -0.2) is 4.68 Å². The van der Waals surface area contributed by atoms with Gasteiger partial charge in [0.25, 0.3) is 10.1 Å². The topological polar surface area (TPSA) is 118 Å². The van der Waals surface area contributed by atoms with Crippen molar-refractivity contribution in [3.8, 4) is 17.0 Å². The van der Waals surface area contributed by atoms with E-state index < -0.39 is 18.4 Å². The molecule has 3 heterocycles. The van der Waals surface area contributed by atoms with Gasteiger partial charge >= 0.3 is 0 Å². The van der Waals surface area contributed by atoms with Crippen LogP contribution in [0.3, 0.4) is 0 Å². The first-order valence-electron chi connectivity index (χ1n) is 14.2. The molecule has 4 rings (SSSR count). The summed E-state index contributed by atoms with van der Waals surface area (Å²) in [6, 6.07) is 6.28. The first-order valence-corrected chi connectivity index (χ1v) is 18.7. The van der Waals surface area contributed by atoms with Gasteiger partial charge in [-0.1, -0.05) is 20.8 Å². The number of ether oxygens (including phenoxy) is 2. The molecule has 1 unspecified atom stereocenters. The molecule has 0 spiro atoms. The van der Waals surface area contributed by atoms with Crippen LogP contribution < -0.4 is 4.43 Å². The Morgan fingerprint density at radius 3 is 2.62 bits per heavy atom. The van der Waals surface area contributed by atoms with Crippen molar-refractivity contribution in [3.63, 3.8) is 0 Å². The van der Waals surface area contributed by atoms with Crippen molar-refractivity contribution in [2.45, 2.75) is 90.2 Å². The molecular formula is C28H44N4O6SSi. The second-order valence-corrected chi connectivity index (χ2v) is 18.4. The highest BCUT2D eigenvalue weighted by Crippen LogP contribution is 2.39. The average Bonchev–Trinajstić information content (AvgIpc) is 3.49. The van der Waals surface area contributed by atoms with Gasteiger partial charge in [-0.05, 0) is 74.9 Å². The van der Waals surface area contributed by atoms with Crippen molar-refractivity contribution >= 4 is 29.3 Å². The molecule has 1 aromatic carbocycles. The number of hydrogen-bond acceptors (Lipinski definition) is 7. The highest BCUT2D eigenvalue weighted by molar-refractivity contribution is 7.85. The zero-order valence-electron chi connectivity index (χ0n) is 24.4. The fourth-order valence-corrected chi connectivity index (χ4v) is 6.02. The van der Waals surface area contributed by atoms with Gasteiger partial charge in [-0.15, -0.1) is 0 Å². The quantitative estimate of drug-likeness (QED) is 0.145. The van der Waals surface area contributed by atoms with Crippen LogP contribution in [0.25, 0.3) is 22.2 Å². The van der Waals surface area contributed by atoms with E-state index in [2.05, 4.69) is 57.2 Å². The summed E-state index contributed by atoms with van der Waals surface area (Å²) in [5, 5.41) is 10.8. The molecule has 0 radical (unpaired) electrons. The number of unbranched alkanes of at least 4 members (excludes halogenated alkanes) is 1. The minimum absolute atomic E-state index is 0.0790. The van der Waals surface area contributed by atoms with Crippen LogP contribution in [0.5, 0.6) is 5.75 Å². The van der Waals surface area contributed by atoms with Gasteiger partial charge < -0.3 is 13.9 Å². The zero-order chi connectivity index (χ0) is 29.0. The first-order chi connectivity index (χ1) is 18.8. The van der Waals surface area contributed by atoms with E-state index >= 15 is 0 Å². The molecule has 1 aliphatic heterocycles. The third-order valence-corrected chi connectivity index (χ3v) is 13.0. The van der Waals surface area contributed by atoms with Crippen molar-refractivity contribution in [2.24, 2.45) is 0 Å². The summed E-state index contributed by atoms with van der Waals surface area (Å²) in [5.74, 6) is 0.595. The van der Waals surface area contributed by atoms with Gasteiger partial charge in [0.2, 0.25) is 8.32 Å². The van der Waals surface area contributed by atoms with Gasteiger partial charge in [0.05, 0.1) is 17.5 Å². The van der Waals surface area contributed by atoms with Crippen LogP contribution in [0.1, 0.15) is 65.5 Å². The summed E-state index contributed by atoms with van der Waals surface area (Å²) in [6.07, 6.45) is 8.94. The molecule has 1 aliphatic rings. The largest absolute Gasteiger partial charge is 0.543 e. The van der Waals surface area contributed by atoms with Crippen LogP contribution >= 0.6 is 0 Å². The Morgan fingerprint density at radius 1 is 1.15 bits per heavy atom. The number of aryl methyl sites for hydroxylation is 1. The Balaban J connectivity index is 1.48. The lowest BCUT2D eigenvalue weighted by Crippen LogP contribution is -2.43. The van der Waals surface area contributed by atoms with Gasteiger partial charge in [-0.3, -0.25) is 9.23 Å². The third kappa shape index (κ3) is 7.94. The lowest BCUT2D eigenvalue weighted by molar-refractivity contribution is -0.0365. The van der Waals surface area contributed by atoms with E-state index in [1.165, 1.54) is 0 Å². The standard InChI is InChI=1S/C28H44N4O6SSi/c1-28(2,3)40(4,5)38-23-12-13-25-24(19-23)27(30-32(25)26-11-6-8-17-37-26)22-20-29-31(21-22)14-7-9-15-36-16-10-18-39(33,34)35/h12-13,19-21,26H,6-11,14-18H2,1-5H3,(H,33,34,35). The number of fused-ring (bicyclic) bond motifs is 1. The van der Waals surface area contributed by atoms with Gasteiger partial charge in [0.15, 0.2) is 6.23 Å². The molecule has 1 fully saturated rings. The summed E-state index contributed by atoms with van der Waals surface area (Å²) in [5.41, 5.74) is 2.85. The average molecular weight is 593 g/mol. The van der Waals surface area contributed by atoms with E-state index in [1.807, 2.05) is 21.8 Å². The fraction of sp³-hybridized carbons (Fsp3) is 0.643. The van der Waals surface area contributed by atoms with Crippen molar-refractivity contribution in [1.82, 2.24) is 19.6 Å². The molecule has 0 aliphatic carbocycles.